The highest BCUT2D eigenvalue weighted by Gasteiger charge is 2.25. The van der Waals surface area contributed by atoms with Crippen LogP contribution in [0.15, 0.2) is 109 Å². The lowest BCUT2D eigenvalue weighted by molar-refractivity contribution is -0.123. The summed E-state index contributed by atoms with van der Waals surface area (Å²) in [7, 11) is 0. The van der Waals surface area contributed by atoms with Crippen molar-refractivity contribution >= 4 is 69.8 Å². The lowest BCUT2D eigenvalue weighted by atomic mass is 10.1. The van der Waals surface area contributed by atoms with E-state index in [2.05, 4.69) is 26.6 Å². The van der Waals surface area contributed by atoms with Crippen LogP contribution in [0.3, 0.4) is 0 Å². The lowest BCUT2D eigenvalue weighted by Crippen LogP contribution is -2.46. The van der Waals surface area contributed by atoms with E-state index in [0.717, 1.165) is 0 Å². The van der Waals surface area contributed by atoms with Gasteiger partial charge in [-0.1, -0.05) is 6.92 Å². The number of phenolic OH excluding ortho intramolecular Hbond substituents is 1. The molecule has 302 valence electrons. The van der Waals surface area contributed by atoms with Gasteiger partial charge < -0.3 is 53.0 Å². The number of nitrogen functional groups attached to an aromatic ring is 1. The molecule has 5 aromatic rings. The van der Waals surface area contributed by atoms with Crippen molar-refractivity contribution in [3.05, 3.63) is 137 Å². The largest absolute Gasteiger partial charge is 0.504 e. The van der Waals surface area contributed by atoms with E-state index in [1.807, 2.05) is 6.92 Å². The van der Waals surface area contributed by atoms with Gasteiger partial charge in [-0.2, -0.15) is 0 Å². The van der Waals surface area contributed by atoms with Gasteiger partial charge in [0.15, 0.2) is 11.5 Å². The van der Waals surface area contributed by atoms with Crippen LogP contribution in [-0.2, 0) is 9.59 Å². The van der Waals surface area contributed by atoms with Crippen LogP contribution in [0.2, 0.25) is 0 Å². The SMILES string of the molecule is CCCOc1c(NC(=O)c2ccc(NC(=O)[C@H](CC(N)=O)NC(=O)c3ccc(NC(=O)c4ccc(N)cc4)cc3)cc2)ccc(C(=O)Nc2ccc(C(=O)O)cc2)c1O. The molecule has 0 saturated heterocycles. The predicted octanol–water partition coefficient (Wildman–Crippen LogP) is 4.83. The molecule has 0 aliphatic carbocycles. The van der Waals surface area contributed by atoms with Gasteiger partial charge in [-0.05, 0) is 116 Å². The molecule has 5 rings (SSSR count). The molecule has 0 radical (unpaired) electrons. The van der Waals surface area contributed by atoms with Crippen LogP contribution in [0.1, 0.15) is 71.6 Å². The molecule has 0 saturated carbocycles. The van der Waals surface area contributed by atoms with Crippen molar-refractivity contribution in [2.75, 3.05) is 33.6 Å². The molecule has 5 aromatic carbocycles. The van der Waals surface area contributed by atoms with Crippen molar-refractivity contribution in [2.24, 2.45) is 5.73 Å². The fourth-order valence-corrected chi connectivity index (χ4v) is 5.42. The van der Waals surface area contributed by atoms with Crippen molar-refractivity contribution in [1.29, 1.82) is 0 Å². The molecule has 6 amide bonds. The van der Waals surface area contributed by atoms with Crippen LogP contribution in [0.4, 0.5) is 28.4 Å². The molecular weight excluding hydrogens is 763 g/mol. The maximum atomic E-state index is 13.3. The van der Waals surface area contributed by atoms with E-state index in [9.17, 15) is 38.7 Å². The highest BCUT2D eigenvalue weighted by atomic mass is 16.5. The number of carboxylic acid groups (broad SMARTS) is 1. The van der Waals surface area contributed by atoms with Gasteiger partial charge in [0.05, 0.1) is 29.8 Å². The summed E-state index contributed by atoms with van der Waals surface area (Å²) >= 11 is 0. The highest BCUT2D eigenvalue weighted by Crippen LogP contribution is 2.38. The van der Waals surface area contributed by atoms with Gasteiger partial charge in [-0.25, -0.2) is 4.79 Å². The van der Waals surface area contributed by atoms with E-state index in [4.69, 9.17) is 21.3 Å². The quantitative estimate of drug-likeness (QED) is 0.0609. The van der Waals surface area contributed by atoms with Gasteiger partial charge in [-0.15, -0.1) is 0 Å². The third kappa shape index (κ3) is 11.2. The lowest BCUT2D eigenvalue weighted by Gasteiger charge is -2.18. The number of primary amides is 1. The second-order valence-electron chi connectivity index (χ2n) is 12.9. The number of aromatic carboxylic acids is 1. The summed E-state index contributed by atoms with van der Waals surface area (Å²) in [6.07, 6.45) is 0.0142. The molecule has 0 aliphatic heterocycles. The van der Waals surface area contributed by atoms with Crippen molar-refractivity contribution in [3.63, 3.8) is 0 Å². The smallest absolute Gasteiger partial charge is 0.335 e. The van der Waals surface area contributed by atoms with Crippen LogP contribution in [-0.4, -0.2) is 64.3 Å². The van der Waals surface area contributed by atoms with Gasteiger partial charge in [0, 0.05) is 39.4 Å². The topological polar surface area (TPSA) is 281 Å². The number of anilines is 5. The van der Waals surface area contributed by atoms with E-state index >= 15 is 0 Å². The monoisotopic (exact) mass is 801 g/mol. The number of hydrogen-bond donors (Lipinski definition) is 9. The predicted molar refractivity (Wildman–Crippen MR) is 219 cm³/mol. The number of phenols is 1. The number of amides is 6. The average molecular weight is 802 g/mol. The Balaban J connectivity index is 1.21. The van der Waals surface area contributed by atoms with Crippen molar-refractivity contribution in [3.8, 4) is 11.5 Å². The molecule has 17 nitrogen and oxygen atoms in total. The van der Waals surface area contributed by atoms with E-state index < -0.39 is 53.7 Å². The molecule has 0 unspecified atom stereocenters. The number of carbonyl (C=O) groups excluding carboxylic acids is 6. The number of hydrogen-bond acceptors (Lipinski definition) is 10. The van der Waals surface area contributed by atoms with Crippen LogP contribution in [0.5, 0.6) is 11.5 Å². The Labute approximate surface area is 336 Å². The zero-order valence-electron chi connectivity index (χ0n) is 31.4. The Morgan fingerprint density at radius 1 is 0.610 bits per heavy atom. The van der Waals surface area contributed by atoms with E-state index in [1.165, 1.54) is 84.9 Å². The first-order chi connectivity index (χ1) is 28.2. The first-order valence-electron chi connectivity index (χ1n) is 17.9. The minimum Gasteiger partial charge on any atom is -0.504 e. The number of nitrogens with one attached hydrogen (secondary N) is 5. The summed E-state index contributed by atoms with van der Waals surface area (Å²) in [5.74, 6) is -5.87. The van der Waals surface area contributed by atoms with Gasteiger partial charge >= 0.3 is 5.97 Å². The van der Waals surface area contributed by atoms with Crippen LogP contribution in [0, 0.1) is 0 Å². The molecule has 59 heavy (non-hydrogen) atoms. The summed E-state index contributed by atoms with van der Waals surface area (Å²) in [4.78, 5) is 88.1. The number of carboxylic acids is 1. The zero-order chi connectivity index (χ0) is 42.6. The van der Waals surface area contributed by atoms with Gasteiger partial charge in [0.2, 0.25) is 11.8 Å². The Kier molecular flexibility index (Phi) is 13.6. The summed E-state index contributed by atoms with van der Waals surface area (Å²) in [6.45, 7) is 1.96. The summed E-state index contributed by atoms with van der Waals surface area (Å²) < 4.78 is 5.70. The number of rotatable bonds is 16. The van der Waals surface area contributed by atoms with Crippen LogP contribution in [0.25, 0.3) is 0 Å². The molecule has 0 spiro atoms. The van der Waals surface area contributed by atoms with Gasteiger partial charge in [0.1, 0.15) is 6.04 Å². The summed E-state index contributed by atoms with van der Waals surface area (Å²) in [6, 6.07) is 24.5. The van der Waals surface area contributed by atoms with Gasteiger partial charge in [0.25, 0.3) is 23.6 Å². The molecule has 0 aromatic heterocycles. The molecular formula is C42H39N7O10. The number of ether oxygens (including phenoxy) is 1. The maximum absolute atomic E-state index is 13.3. The standard InChI is InChI=1S/C42H39N7O10/c1-2-21-59-36-32(20-19-31(35(36)51)40(55)46-29-17-9-26(10-18-29)42(57)58)48-38(53)24-7-15-30(16-8-24)47-41(56)33(22-34(44)50)49-39(54)25-5-13-28(14-6-25)45-37(52)23-3-11-27(43)12-4-23/h3-20,33,51H,2,21-22,43H2,1H3,(H2,44,50)(H,45,52)(H,46,55)(H,47,56)(H,48,53)(H,49,54)(H,57,58)/t33-/m0/s1. The number of nitrogens with two attached hydrogens (primary N) is 2. The third-order valence-electron chi connectivity index (χ3n) is 8.48. The maximum Gasteiger partial charge on any atom is 0.335 e. The van der Waals surface area contributed by atoms with Gasteiger partial charge in [-0.3, -0.25) is 28.8 Å². The number of benzene rings is 5. The second-order valence-corrected chi connectivity index (χ2v) is 12.9. The first-order valence-corrected chi connectivity index (χ1v) is 17.9. The molecule has 0 heterocycles. The zero-order valence-corrected chi connectivity index (χ0v) is 31.4. The summed E-state index contributed by atoms with van der Waals surface area (Å²) in [5, 5.41) is 33.2. The Hall–Kier alpha value is -8.21. The molecule has 0 bridgehead atoms. The average Bonchev–Trinajstić information content (AvgIpc) is 3.21. The van der Waals surface area contributed by atoms with Crippen molar-refractivity contribution in [1.82, 2.24) is 5.32 Å². The van der Waals surface area contributed by atoms with Crippen LogP contribution >= 0.6 is 0 Å². The normalized spacial score (nSPS) is 11.0. The first kappa shape index (κ1) is 41.9. The van der Waals surface area contributed by atoms with Crippen molar-refractivity contribution < 1.29 is 48.5 Å². The van der Waals surface area contributed by atoms with E-state index in [-0.39, 0.29) is 57.6 Å². The molecule has 0 aliphatic rings. The van der Waals surface area contributed by atoms with E-state index in [1.54, 1.807) is 24.3 Å². The van der Waals surface area contributed by atoms with E-state index in [0.29, 0.717) is 23.4 Å². The summed E-state index contributed by atoms with van der Waals surface area (Å²) in [5.41, 5.74) is 13.0. The minimum atomic E-state index is -1.37. The highest BCUT2D eigenvalue weighted by molar-refractivity contribution is 6.10. The van der Waals surface area contributed by atoms with Crippen LogP contribution < -0.4 is 42.8 Å². The fraction of sp³-hybridized carbons (Fsp3) is 0.119. The Morgan fingerprint density at radius 2 is 1.08 bits per heavy atom. The molecule has 0 fully saturated rings. The number of aromatic hydroxyl groups is 1. The third-order valence-corrected chi connectivity index (χ3v) is 8.48. The number of carbonyl (C=O) groups is 7. The molecule has 17 heteroatoms. The Morgan fingerprint density at radius 3 is 1.61 bits per heavy atom. The minimum absolute atomic E-state index is 0.0247. The fourth-order valence-electron chi connectivity index (χ4n) is 5.42. The van der Waals surface area contributed by atoms with Crippen molar-refractivity contribution in [2.45, 2.75) is 25.8 Å². The Bertz CT molecular complexity index is 2380. The molecule has 1 atom stereocenters. The second kappa shape index (κ2) is 19.1. The molecule has 11 N–H and O–H groups in total.